The molecular formula is C55H40N2. The molecular weight excluding hydrogens is 689 g/mol. The zero-order chi connectivity index (χ0) is 38.1. The molecule has 0 fully saturated rings. The van der Waals surface area contributed by atoms with E-state index >= 15 is 0 Å². The zero-order valence-corrected chi connectivity index (χ0v) is 32.0. The maximum atomic E-state index is 2.51. The Labute approximate surface area is 333 Å². The van der Waals surface area contributed by atoms with Gasteiger partial charge in [-0.2, -0.15) is 0 Å². The summed E-state index contributed by atoms with van der Waals surface area (Å²) in [7, 11) is 0. The molecule has 0 saturated heterocycles. The number of anilines is 3. The molecule has 1 heterocycles. The first-order valence-electron chi connectivity index (χ1n) is 19.9. The molecule has 2 nitrogen and oxygen atoms in total. The summed E-state index contributed by atoms with van der Waals surface area (Å²) in [5.41, 5.74) is 17.1. The van der Waals surface area contributed by atoms with Crippen LogP contribution in [0, 0.1) is 0 Å². The average Bonchev–Trinajstić information content (AvgIpc) is 3.74. The van der Waals surface area contributed by atoms with Crippen LogP contribution in [0.5, 0.6) is 0 Å². The van der Waals surface area contributed by atoms with Gasteiger partial charge in [0.15, 0.2) is 0 Å². The fraction of sp³-hybridized carbons (Fsp3) is 0.0545. The largest absolute Gasteiger partial charge is 0.310 e. The number of fused-ring (bicyclic) bond motifs is 7. The minimum Gasteiger partial charge on any atom is -0.310 e. The van der Waals surface area contributed by atoms with Crippen LogP contribution in [0.25, 0.3) is 71.6 Å². The van der Waals surface area contributed by atoms with E-state index in [-0.39, 0.29) is 5.41 Å². The van der Waals surface area contributed by atoms with Gasteiger partial charge >= 0.3 is 0 Å². The van der Waals surface area contributed by atoms with Crippen molar-refractivity contribution in [3.8, 4) is 39.1 Å². The second-order valence-corrected chi connectivity index (χ2v) is 15.7. The molecule has 1 aliphatic carbocycles. The Morgan fingerprint density at radius 1 is 0.386 bits per heavy atom. The van der Waals surface area contributed by atoms with Gasteiger partial charge in [0, 0.05) is 32.9 Å². The number of benzene rings is 9. The molecule has 11 rings (SSSR count). The van der Waals surface area contributed by atoms with Crippen LogP contribution < -0.4 is 4.90 Å². The summed E-state index contributed by atoms with van der Waals surface area (Å²) in [6.07, 6.45) is 0. The van der Waals surface area contributed by atoms with Crippen LogP contribution in [0.4, 0.5) is 17.1 Å². The third kappa shape index (κ3) is 5.11. The van der Waals surface area contributed by atoms with E-state index in [0.29, 0.717) is 0 Å². The number of nitrogens with zero attached hydrogens (tertiary/aromatic N) is 2. The molecule has 0 unspecified atom stereocenters. The molecule has 9 aromatic carbocycles. The molecule has 10 aromatic rings. The van der Waals surface area contributed by atoms with Crippen molar-refractivity contribution in [1.29, 1.82) is 0 Å². The average molecular weight is 729 g/mol. The monoisotopic (exact) mass is 728 g/mol. The number of hydrogen-bond donors (Lipinski definition) is 0. The van der Waals surface area contributed by atoms with Gasteiger partial charge in [0.1, 0.15) is 0 Å². The van der Waals surface area contributed by atoms with E-state index in [4.69, 9.17) is 0 Å². The van der Waals surface area contributed by atoms with Crippen LogP contribution in [0.15, 0.2) is 206 Å². The van der Waals surface area contributed by atoms with Crippen LogP contribution in [0.2, 0.25) is 0 Å². The van der Waals surface area contributed by atoms with Crippen LogP contribution in [0.1, 0.15) is 25.0 Å². The maximum Gasteiger partial charge on any atom is 0.0547 e. The topological polar surface area (TPSA) is 8.17 Å². The van der Waals surface area contributed by atoms with E-state index in [2.05, 4.69) is 230 Å². The predicted octanol–water partition coefficient (Wildman–Crippen LogP) is 15.0. The highest BCUT2D eigenvalue weighted by atomic mass is 15.1. The van der Waals surface area contributed by atoms with E-state index in [9.17, 15) is 0 Å². The Kier molecular flexibility index (Phi) is 7.55. The van der Waals surface area contributed by atoms with Crippen molar-refractivity contribution in [2.45, 2.75) is 19.3 Å². The van der Waals surface area contributed by atoms with Crippen molar-refractivity contribution in [3.05, 3.63) is 217 Å². The van der Waals surface area contributed by atoms with Crippen molar-refractivity contribution in [3.63, 3.8) is 0 Å². The maximum absolute atomic E-state index is 2.51. The summed E-state index contributed by atoms with van der Waals surface area (Å²) >= 11 is 0. The summed E-state index contributed by atoms with van der Waals surface area (Å²) in [5.74, 6) is 0. The van der Waals surface area contributed by atoms with E-state index in [1.807, 2.05) is 0 Å². The summed E-state index contributed by atoms with van der Waals surface area (Å²) < 4.78 is 2.40. The van der Waals surface area contributed by atoms with Crippen molar-refractivity contribution in [2.24, 2.45) is 0 Å². The van der Waals surface area contributed by atoms with Gasteiger partial charge in [-0.1, -0.05) is 172 Å². The van der Waals surface area contributed by atoms with Crippen LogP contribution in [0.3, 0.4) is 0 Å². The highest BCUT2D eigenvalue weighted by Crippen LogP contribution is 2.55. The SMILES string of the molecule is CC1(C)c2ccccc2-c2cccc(N(c3ccc(-c4ccccc4)cc3)c3ccc(-c4cccc5c4c4ccccc4n5-c4ccccc4)c4ccccc34)c21. The number of rotatable bonds is 6. The molecule has 57 heavy (non-hydrogen) atoms. The Morgan fingerprint density at radius 2 is 0.982 bits per heavy atom. The minimum atomic E-state index is -0.191. The zero-order valence-electron chi connectivity index (χ0n) is 32.0. The van der Waals surface area contributed by atoms with Gasteiger partial charge in [-0.3, -0.25) is 0 Å². The lowest BCUT2D eigenvalue weighted by Gasteiger charge is -2.33. The summed E-state index contributed by atoms with van der Waals surface area (Å²) in [4.78, 5) is 2.51. The Bertz CT molecular complexity index is 3130. The van der Waals surface area contributed by atoms with Crippen molar-refractivity contribution < 1.29 is 0 Å². The van der Waals surface area contributed by atoms with Gasteiger partial charge in [0.05, 0.1) is 22.4 Å². The van der Waals surface area contributed by atoms with Crippen LogP contribution >= 0.6 is 0 Å². The summed E-state index contributed by atoms with van der Waals surface area (Å²) in [6.45, 7) is 4.76. The number of hydrogen-bond acceptors (Lipinski definition) is 1. The number of aromatic nitrogens is 1. The molecule has 1 aromatic heterocycles. The molecule has 0 atom stereocenters. The number of para-hydroxylation sites is 2. The first kappa shape index (κ1) is 33.2. The molecule has 0 radical (unpaired) electrons. The Balaban J connectivity index is 1.16. The van der Waals surface area contributed by atoms with E-state index in [1.165, 1.54) is 82.8 Å². The quantitative estimate of drug-likeness (QED) is 0.165. The van der Waals surface area contributed by atoms with E-state index in [0.717, 1.165) is 17.1 Å². The second kappa shape index (κ2) is 13.0. The molecule has 0 bridgehead atoms. The summed E-state index contributed by atoms with van der Waals surface area (Å²) in [6, 6.07) is 75.5. The van der Waals surface area contributed by atoms with Crippen LogP contribution in [-0.2, 0) is 5.41 Å². The standard InChI is InChI=1S/C55H40N2/c1-55(2)48-27-13-11-22-43(48)46-26-16-30-52(54(46)55)57(40-33-31-38(32-34-40)37-17-5-3-6-18-37)50-36-35-42(41-21-9-10-23-44(41)50)45-25-15-29-51-53(45)47-24-12-14-28-49(47)56(51)39-19-7-4-8-20-39/h3-36H,1-2H3. The fourth-order valence-corrected chi connectivity index (χ4v) is 9.66. The van der Waals surface area contributed by atoms with Gasteiger partial charge < -0.3 is 9.47 Å². The molecule has 0 saturated carbocycles. The predicted molar refractivity (Wildman–Crippen MR) is 241 cm³/mol. The first-order valence-corrected chi connectivity index (χ1v) is 19.9. The normalized spacial score (nSPS) is 12.9. The van der Waals surface area contributed by atoms with Gasteiger partial charge in [-0.05, 0) is 98.4 Å². The third-order valence-corrected chi connectivity index (χ3v) is 12.2. The van der Waals surface area contributed by atoms with Crippen molar-refractivity contribution in [2.75, 3.05) is 4.90 Å². The second-order valence-electron chi connectivity index (χ2n) is 15.7. The molecule has 0 spiro atoms. The molecule has 270 valence electrons. The highest BCUT2D eigenvalue weighted by Gasteiger charge is 2.39. The summed E-state index contributed by atoms with van der Waals surface area (Å²) in [5, 5.41) is 4.95. The van der Waals surface area contributed by atoms with E-state index < -0.39 is 0 Å². The van der Waals surface area contributed by atoms with Gasteiger partial charge in [-0.25, -0.2) is 0 Å². The lowest BCUT2D eigenvalue weighted by Crippen LogP contribution is -2.20. The minimum absolute atomic E-state index is 0.191. The van der Waals surface area contributed by atoms with Gasteiger partial charge in [0.25, 0.3) is 0 Å². The van der Waals surface area contributed by atoms with E-state index in [1.54, 1.807) is 0 Å². The first-order chi connectivity index (χ1) is 28.1. The third-order valence-electron chi connectivity index (χ3n) is 12.2. The Hall–Kier alpha value is -7.16. The van der Waals surface area contributed by atoms with Gasteiger partial charge in [-0.15, -0.1) is 0 Å². The fourth-order valence-electron chi connectivity index (χ4n) is 9.66. The molecule has 0 amide bonds. The van der Waals surface area contributed by atoms with Crippen LogP contribution in [-0.4, -0.2) is 4.57 Å². The van der Waals surface area contributed by atoms with Crippen molar-refractivity contribution >= 4 is 49.6 Å². The highest BCUT2D eigenvalue weighted by molar-refractivity contribution is 6.19. The molecule has 0 N–H and O–H groups in total. The molecule has 1 aliphatic rings. The molecule has 2 heteroatoms. The molecule has 0 aliphatic heterocycles. The smallest absolute Gasteiger partial charge is 0.0547 e. The Morgan fingerprint density at radius 3 is 1.79 bits per heavy atom. The van der Waals surface area contributed by atoms with Crippen molar-refractivity contribution in [1.82, 2.24) is 4.57 Å². The lowest BCUT2D eigenvalue weighted by molar-refractivity contribution is 0.661. The van der Waals surface area contributed by atoms with Gasteiger partial charge in [0.2, 0.25) is 0 Å². The lowest BCUT2D eigenvalue weighted by atomic mass is 9.81.